The van der Waals surface area contributed by atoms with E-state index < -0.39 is 0 Å². The number of ether oxygens (including phenoxy) is 3. The summed E-state index contributed by atoms with van der Waals surface area (Å²) in [6.45, 7) is 7.79. The molecule has 1 fully saturated rings. The predicted octanol–water partition coefficient (Wildman–Crippen LogP) is 4.23. The van der Waals surface area contributed by atoms with Crippen LogP contribution in [-0.4, -0.2) is 47.8 Å². The molecular weight excluding hydrogens is 416 g/mol. The Labute approximate surface area is 195 Å². The van der Waals surface area contributed by atoms with Gasteiger partial charge in [-0.05, 0) is 49.7 Å². The van der Waals surface area contributed by atoms with Crippen LogP contribution in [0.3, 0.4) is 0 Å². The van der Waals surface area contributed by atoms with Gasteiger partial charge < -0.3 is 19.9 Å². The number of rotatable bonds is 8. The van der Waals surface area contributed by atoms with Crippen LogP contribution in [0.1, 0.15) is 36.8 Å². The maximum atomic E-state index is 6.05. The van der Waals surface area contributed by atoms with Gasteiger partial charge in [-0.1, -0.05) is 12.1 Å². The Morgan fingerprint density at radius 1 is 1.09 bits per heavy atom. The Kier molecular flexibility index (Phi) is 7.54. The summed E-state index contributed by atoms with van der Waals surface area (Å²) in [7, 11) is 1.71. The predicted molar refractivity (Wildman–Crippen MR) is 129 cm³/mol. The summed E-state index contributed by atoms with van der Waals surface area (Å²) in [5, 5.41) is 0. The molecule has 0 aliphatic carbocycles. The third kappa shape index (κ3) is 6.07. The van der Waals surface area contributed by atoms with Crippen LogP contribution >= 0.6 is 0 Å². The molecule has 0 amide bonds. The highest BCUT2D eigenvalue weighted by molar-refractivity contribution is 5.62. The maximum Gasteiger partial charge on any atom is 0.125 e. The molecule has 1 saturated heterocycles. The fourth-order valence-electron chi connectivity index (χ4n) is 3.99. The number of nitrogens with two attached hydrogens (primary N) is 1. The fourth-order valence-corrected chi connectivity index (χ4v) is 3.99. The van der Waals surface area contributed by atoms with E-state index in [9.17, 15) is 0 Å². The van der Waals surface area contributed by atoms with Crippen molar-refractivity contribution in [2.45, 2.75) is 39.2 Å². The van der Waals surface area contributed by atoms with Crippen molar-refractivity contribution in [3.05, 3.63) is 71.7 Å². The van der Waals surface area contributed by atoms with Crippen molar-refractivity contribution in [1.82, 2.24) is 14.9 Å². The van der Waals surface area contributed by atoms with Gasteiger partial charge in [-0.25, -0.2) is 4.98 Å². The second-order valence-electron chi connectivity index (χ2n) is 8.58. The molecule has 4 rings (SSSR count). The summed E-state index contributed by atoms with van der Waals surface area (Å²) >= 11 is 0. The van der Waals surface area contributed by atoms with E-state index in [1.54, 1.807) is 19.4 Å². The van der Waals surface area contributed by atoms with Crippen LogP contribution < -0.4 is 10.5 Å². The molecule has 0 unspecified atom stereocenters. The van der Waals surface area contributed by atoms with E-state index in [0.29, 0.717) is 19.0 Å². The normalized spacial score (nSPS) is 16.8. The monoisotopic (exact) mass is 448 g/mol. The number of methoxy groups -OCH3 is 1. The number of hydrogen-bond acceptors (Lipinski definition) is 7. The minimum atomic E-state index is -0.0562. The molecule has 33 heavy (non-hydrogen) atoms. The Bertz CT molecular complexity index is 1040. The van der Waals surface area contributed by atoms with Gasteiger partial charge in [0.25, 0.3) is 0 Å². The highest BCUT2D eigenvalue weighted by atomic mass is 16.5. The summed E-state index contributed by atoms with van der Waals surface area (Å²) in [4.78, 5) is 11.2. The molecule has 3 aromatic rings. The van der Waals surface area contributed by atoms with Crippen molar-refractivity contribution in [3.8, 4) is 16.9 Å². The average molecular weight is 449 g/mol. The van der Waals surface area contributed by atoms with Crippen molar-refractivity contribution in [2.75, 3.05) is 32.5 Å². The van der Waals surface area contributed by atoms with Crippen molar-refractivity contribution in [1.29, 1.82) is 0 Å². The van der Waals surface area contributed by atoms with Gasteiger partial charge in [0.1, 0.15) is 17.7 Å². The van der Waals surface area contributed by atoms with Gasteiger partial charge >= 0.3 is 0 Å². The maximum absolute atomic E-state index is 6.05. The van der Waals surface area contributed by atoms with Crippen LogP contribution in [0.5, 0.6) is 5.75 Å². The zero-order valence-electron chi connectivity index (χ0n) is 19.5. The minimum Gasteiger partial charge on any atom is -0.491 e. The Hall–Kier alpha value is -3.00. The molecule has 174 valence electrons. The molecule has 2 N–H and O–H groups in total. The lowest BCUT2D eigenvalue weighted by molar-refractivity contribution is -0.0350. The first-order chi connectivity index (χ1) is 16.0. The average Bonchev–Trinajstić information content (AvgIpc) is 2.81. The van der Waals surface area contributed by atoms with Crippen LogP contribution in [0.2, 0.25) is 0 Å². The Morgan fingerprint density at radius 2 is 1.88 bits per heavy atom. The summed E-state index contributed by atoms with van der Waals surface area (Å²) in [6, 6.07) is 14.2. The van der Waals surface area contributed by atoms with Gasteiger partial charge in [-0.15, -0.1) is 0 Å². The van der Waals surface area contributed by atoms with E-state index >= 15 is 0 Å². The number of nitrogens with zero attached hydrogens (tertiary/aromatic N) is 3. The number of benzene rings is 1. The molecule has 0 radical (unpaired) electrons. The van der Waals surface area contributed by atoms with E-state index in [2.05, 4.69) is 33.1 Å². The number of hydrogen-bond donors (Lipinski definition) is 1. The summed E-state index contributed by atoms with van der Waals surface area (Å²) in [6.07, 6.45) is 3.70. The second kappa shape index (κ2) is 10.7. The molecule has 1 atom stereocenters. The zero-order valence-corrected chi connectivity index (χ0v) is 19.5. The summed E-state index contributed by atoms with van der Waals surface area (Å²) in [5.74, 6) is 1.39. The number of morpholine rings is 1. The number of pyridine rings is 2. The quantitative estimate of drug-likeness (QED) is 0.552. The molecular formula is C26H32N4O3. The van der Waals surface area contributed by atoms with Crippen molar-refractivity contribution < 1.29 is 14.2 Å². The fraction of sp³-hybridized carbons (Fsp3) is 0.385. The van der Waals surface area contributed by atoms with Crippen LogP contribution in [0.25, 0.3) is 11.1 Å². The van der Waals surface area contributed by atoms with Crippen LogP contribution in [0.15, 0.2) is 54.9 Å². The highest BCUT2D eigenvalue weighted by Gasteiger charge is 2.23. The van der Waals surface area contributed by atoms with Crippen molar-refractivity contribution in [3.63, 3.8) is 0 Å². The zero-order chi connectivity index (χ0) is 23.2. The van der Waals surface area contributed by atoms with E-state index in [0.717, 1.165) is 47.8 Å². The number of nitrogen functional groups attached to an aromatic ring is 1. The molecule has 7 heteroatoms. The molecule has 0 saturated carbocycles. The summed E-state index contributed by atoms with van der Waals surface area (Å²) in [5.41, 5.74) is 10.9. The minimum absolute atomic E-state index is 0.0562. The van der Waals surface area contributed by atoms with Gasteiger partial charge in [-0.3, -0.25) is 9.88 Å². The smallest absolute Gasteiger partial charge is 0.125 e. The van der Waals surface area contributed by atoms with Gasteiger partial charge in [0.2, 0.25) is 0 Å². The molecule has 7 nitrogen and oxygen atoms in total. The molecule has 0 spiro atoms. The second-order valence-corrected chi connectivity index (χ2v) is 8.58. The molecule has 1 aliphatic heterocycles. The van der Waals surface area contributed by atoms with Crippen LogP contribution in [-0.2, 0) is 22.6 Å². The lowest BCUT2D eigenvalue weighted by Gasteiger charge is -2.32. The number of aromatic nitrogens is 2. The molecule has 2 aromatic heterocycles. The largest absolute Gasteiger partial charge is 0.491 e. The molecule has 1 aliphatic rings. The van der Waals surface area contributed by atoms with Gasteiger partial charge in [0, 0.05) is 55.8 Å². The summed E-state index contributed by atoms with van der Waals surface area (Å²) < 4.78 is 17.4. The van der Waals surface area contributed by atoms with Crippen LogP contribution in [0.4, 0.5) is 5.82 Å². The molecule has 3 heterocycles. The first-order valence-corrected chi connectivity index (χ1v) is 11.3. The molecule has 0 bridgehead atoms. The Morgan fingerprint density at radius 3 is 2.55 bits per heavy atom. The standard InChI is InChI=1S/C26H32N4O3/c1-18(2)33-24-8-4-19(12-22(24)17-31-3)15-30-10-11-32-25(16-30)23-7-5-20(13-28-23)21-6-9-26(27)29-14-21/h4-9,12-14,18,25H,10-11,15-17H2,1-3H3,(H2,27,29)/t25-/m0/s1. The molecule has 1 aromatic carbocycles. The first-order valence-electron chi connectivity index (χ1n) is 11.3. The Balaban J connectivity index is 1.42. The first kappa shape index (κ1) is 23.2. The van der Waals surface area contributed by atoms with E-state index in [-0.39, 0.29) is 12.2 Å². The SMILES string of the molecule is COCc1cc(CN2CCO[C@H](c3ccc(-c4ccc(N)nc4)cn3)C2)ccc1OC(C)C. The van der Waals surface area contributed by atoms with Gasteiger partial charge in [0.05, 0.1) is 25.0 Å². The van der Waals surface area contributed by atoms with Crippen molar-refractivity contribution >= 4 is 5.82 Å². The highest BCUT2D eigenvalue weighted by Crippen LogP contribution is 2.27. The van der Waals surface area contributed by atoms with E-state index in [1.807, 2.05) is 38.2 Å². The van der Waals surface area contributed by atoms with E-state index in [1.165, 1.54) is 5.56 Å². The third-order valence-electron chi connectivity index (χ3n) is 5.58. The number of anilines is 1. The topological polar surface area (TPSA) is 82.7 Å². The lowest BCUT2D eigenvalue weighted by Crippen LogP contribution is -2.38. The third-order valence-corrected chi connectivity index (χ3v) is 5.58. The van der Waals surface area contributed by atoms with Gasteiger partial charge in [0.15, 0.2) is 0 Å². The van der Waals surface area contributed by atoms with Crippen LogP contribution in [0, 0.1) is 0 Å². The van der Waals surface area contributed by atoms with Crippen molar-refractivity contribution in [2.24, 2.45) is 0 Å². The lowest BCUT2D eigenvalue weighted by atomic mass is 10.1. The van der Waals surface area contributed by atoms with E-state index in [4.69, 9.17) is 19.9 Å². The van der Waals surface area contributed by atoms with Gasteiger partial charge in [-0.2, -0.15) is 0 Å².